The SMILES string of the molecule is CNCc1ccc(OC)c(COc2ccc(Cl)cc2)c1. The van der Waals surface area contributed by atoms with Gasteiger partial charge in [-0.1, -0.05) is 17.7 Å². The van der Waals surface area contributed by atoms with Gasteiger partial charge >= 0.3 is 0 Å². The second kappa shape index (κ2) is 7.17. The Labute approximate surface area is 124 Å². The summed E-state index contributed by atoms with van der Waals surface area (Å²) in [6, 6.07) is 13.4. The molecule has 0 unspecified atom stereocenters. The predicted octanol–water partition coefficient (Wildman–Crippen LogP) is 3.65. The highest BCUT2D eigenvalue weighted by atomic mass is 35.5. The molecule has 1 N–H and O–H groups in total. The maximum atomic E-state index is 5.85. The molecule has 0 bridgehead atoms. The third-order valence-corrected chi connectivity index (χ3v) is 3.19. The van der Waals surface area contributed by atoms with Crippen LogP contribution in [-0.2, 0) is 13.2 Å². The number of benzene rings is 2. The number of halogens is 1. The number of ether oxygens (including phenoxy) is 2. The lowest BCUT2D eigenvalue weighted by atomic mass is 10.1. The van der Waals surface area contributed by atoms with Crippen LogP contribution in [0.15, 0.2) is 42.5 Å². The molecule has 0 fully saturated rings. The monoisotopic (exact) mass is 291 g/mol. The minimum Gasteiger partial charge on any atom is -0.496 e. The molecule has 0 atom stereocenters. The first-order valence-electron chi connectivity index (χ1n) is 6.41. The second-order valence-corrected chi connectivity index (χ2v) is 4.86. The van der Waals surface area contributed by atoms with Crippen molar-refractivity contribution in [3.63, 3.8) is 0 Å². The first-order valence-corrected chi connectivity index (χ1v) is 6.79. The Bertz CT molecular complexity index is 555. The van der Waals surface area contributed by atoms with E-state index in [1.165, 1.54) is 5.56 Å². The first-order chi connectivity index (χ1) is 9.72. The quantitative estimate of drug-likeness (QED) is 0.881. The predicted molar refractivity (Wildman–Crippen MR) is 81.5 cm³/mol. The Balaban J connectivity index is 2.10. The summed E-state index contributed by atoms with van der Waals surface area (Å²) < 4.78 is 11.1. The molecule has 2 aromatic carbocycles. The highest BCUT2D eigenvalue weighted by Gasteiger charge is 2.05. The molecule has 4 heteroatoms. The van der Waals surface area contributed by atoms with E-state index < -0.39 is 0 Å². The molecule has 0 aliphatic heterocycles. The van der Waals surface area contributed by atoms with E-state index in [2.05, 4.69) is 11.4 Å². The van der Waals surface area contributed by atoms with Crippen molar-refractivity contribution in [1.82, 2.24) is 5.32 Å². The van der Waals surface area contributed by atoms with Gasteiger partial charge in [-0.3, -0.25) is 0 Å². The lowest BCUT2D eigenvalue weighted by Crippen LogP contribution is -2.06. The van der Waals surface area contributed by atoms with Crippen molar-refractivity contribution < 1.29 is 9.47 Å². The molecule has 106 valence electrons. The van der Waals surface area contributed by atoms with E-state index in [4.69, 9.17) is 21.1 Å². The van der Waals surface area contributed by atoms with Gasteiger partial charge in [0.25, 0.3) is 0 Å². The van der Waals surface area contributed by atoms with Gasteiger partial charge in [0, 0.05) is 17.1 Å². The zero-order valence-corrected chi connectivity index (χ0v) is 12.4. The van der Waals surface area contributed by atoms with Crippen molar-refractivity contribution in [3.8, 4) is 11.5 Å². The summed E-state index contributed by atoms with van der Waals surface area (Å²) in [7, 11) is 3.59. The standard InChI is InChI=1S/C16H18ClNO2/c1-18-10-12-3-8-16(19-2)13(9-12)11-20-15-6-4-14(17)5-7-15/h3-9,18H,10-11H2,1-2H3. The molecular formula is C16H18ClNO2. The molecule has 0 spiro atoms. The summed E-state index contributed by atoms with van der Waals surface area (Å²) in [6.45, 7) is 1.28. The molecule has 2 rings (SSSR count). The van der Waals surface area contributed by atoms with Gasteiger partial charge < -0.3 is 14.8 Å². The molecule has 0 saturated carbocycles. The van der Waals surface area contributed by atoms with Crippen LogP contribution in [0.25, 0.3) is 0 Å². The maximum Gasteiger partial charge on any atom is 0.125 e. The van der Waals surface area contributed by atoms with Gasteiger partial charge in [0.2, 0.25) is 0 Å². The lowest BCUT2D eigenvalue weighted by molar-refractivity contribution is 0.296. The van der Waals surface area contributed by atoms with Crippen molar-refractivity contribution in [2.24, 2.45) is 0 Å². The summed E-state index contributed by atoms with van der Waals surface area (Å²) in [5.41, 5.74) is 2.22. The summed E-state index contributed by atoms with van der Waals surface area (Å²) in [5, 5.41) is 3.83. The van der Waals surface area contributed by atoms with Gasteiger partial charge in [-0.15, -0.1) is 0 Å². The molecule has 0 aromatic heterocycles. The summed E-state index contributed by atoms with van der Waals surface area (Å²) in [5.74, 6) is 1.62. The number of nitrogens with one attached hydrogen (secondary N) is 1. The van der Waals surface area contributed by atoms with Gasteiger partial charge in [-0.05, 0) is 49.0 Å². The third-order valence-electron chi connectivity index (χ3n) is 2.93. The van der Waals surface area contributed by atoms with Crippen molar-refractivity contribution in [1.29, 1.82) is 0 Å². The number of rotatable bonds is 6. The lowest BCUT2D eigenvalue weighted by Gasteiger charge is -2.12. The van der Waals surface area contributed by atoms with Crippen LogP contribution < -0.4 is 14.8 Å². The third kappa shape index (κ3) is 3.89. The topological polar surface area (TPSA) is 30.5 Å². The molecule has 0 aliphatic carbocycles. The fraction of sp³-hybridized carbons (Fsp3) is 0.250. The van der Waals surface area contributed by atoms with Crippen molar-refractivity contribution >= 4 is 11.6 Å². The van der Waals surface area contributed by atoms with Gasteiger partial charge in [-0.2, -0.15) is 0 Å². The fourth-order valence-corrected chi connectivity index (χ4v) is 2.08. The average molecular weight is 292 g/mol. The Morgan fingerprint density at radius 3 is 2.50 bits per heavy atom. The van der Waals surface area contributed by atoms with Crippen LogP contribution in [0.5, 0.6) is 11.5 Å². The Morgan fingerprint density at radius 1 is 1.10 bits per heavy atom. The van der Waals surface area contributed by atoms with Gasteiger partial charge in [-0.25, -0.2) is 0 Å². The largest absolute Gasteiger partial charge is 0.496 e. The summed E-state index contributed by atoms with van der Waals surface area (Å²) in [6.07, 6.45) is 0. The Morgan fingerprint density at radius 2 is 1.85 bits per heavy atom. The van der Waals surface area contributed by atoms with E-state index in [0.29, 0.717) is 11.6 Å². The number of hydrogen-bond donors (Lipinski definition) is 1. The van der Waals surface area contributed by atoms with Gasteiger partial charge in [0.15, 0.2) is 0 Å². The smallest absolute Gasteiger partial charge is 0.125 e. The van der Waals surface area contributed by atoms with Crippen molar-refractivity contribution in [2.75, 3.05) is 14.2 Å². The van der Waals surface area contributed by atoms with Crippen molar-refractivity contribution in [2.45, 2.75) is 13.2 Å². The van der Waals surface area contributed by atoms with Crippen LogP contribution in [0, 0.1) is 0 Å². The molecule has 0 heterocycles. The van der Waals surface area contributed by atoms with Crippen LogP contribution >= 0.6 is 11.6 Å². The zero-order valence-electron chi connectivity index (χ0n) is 11.7. The van der Waals surface area contributed by atoms with E-state index in [1.807, 2.05) is 43.4 Å². The van der Waals surface area contributed by atoms with Crippen LogP contribution in [0.1, 0.15) is 11.1 Å². The highest BCUT2D eigenvalue weighted by Crippen LogP contribution is 2.23. The molecule has 0 aliphatic rings. The molecule has 20 heavy (non-hydrogen) atoms. The zero-order chi connectivity index (χ0) is 14.4. The van der Waals surface area contributed by atoms with E-state index >= 15 is 0 Å². The van der Waals surface area contributed by atoms with E-state index in [9.17, 15) is 0 Å². The Kier molecular flexibility index (Phi) is 5.27. The van der Waals surface area contributed by atoms with Crippen LogP contribution in [-0.4, -0.2) is 14.2 Å². The van der Waals surface area contributed by atoms with E-state index in [0.717, 1.165) is 23.6 Å². The average Bonchev–Trinajstić information content (AvgIpc) is 2.47. The molecule has 2 aromatic rings. The Hall–Kier alpha value is -1.71. The minimum absolute atomic E-state index is 0.461. The maximum absolute atomic E-state index is 5.85. The number of methoxy groups -OCH3 is 1. The molecule has 3 nitrogen and oxygen atoms in total. The van der Waals surface area contributed by atoms with Crippen LogP contribution in [0.3, 0.4) is 0 Å². The van der Waals surface area contributed by atoms with E-state index in [1.54, 1.807) is 7.11 Å². The molecule has 0 radical (unpaired) electrons. The van der Waals surface area contributed by atoms with Crippen LogP contribution in [0.4, 0.5) is 0 Å². The van der Waals surface area contributed by atoms with Crippen molar-refractivity contribution in [3.05, 3.63) is 58.6 Å². The van der Waals surface area contributed by atoms with Gasteiger partial charge in [0.05, 0.1) is 7.11 Å². The van der Waals surface area contributed by atoms with Crippen LogP contribution in [0.2, 0.25) is 5.02 Å². The molecule has 0 amide bonds. The second-order valence-electron chi connectivity index (χ2n) is 4.42. The van der Waals surface area contributed by atoms with Gasteiger partial charge in [0.1, 0.15) is 18.1 Å². The minimum atomic E-state index is 0.461. The highest BCUT2D eigenvalue weighted by molar-refractivity contribution is 6.30. The molecular weight excluding hydrogens is 274 g/mol. The fourth-order valence-electron chi connectivity index (χ4n) is 1.95. The normalized spacial score (nSPS) is 10.3. The number of hydrogen-bond acceptors (Lipinski definition) is 3. The molecule has 0 saturated heterocycles. The first kappa shape index (κ1) is 14.7. The summed E-state index contributed by atoms with van der Waals surface area (Å²) >= 11 is 5.85. The summed E-state index contributed by atoms with van der Waals surface area (Å²) in [4.78, 5) is 0. The van der Waals surface area contributed by atoms with E-state index in [-0.39, 0.29) is 0 Å².